The van der Waals surface area contributed by atoms with Crippen molar-refractivity contribution in [3.63, 3.8) is 0 Å². The molecule has 0 aliphatic carbocycles. The number of H-pyrrole nitrogens is 1. The number of nitrogens with one attached hydrogen (secondary N) is 2. The summed E-state index contributed by atoms with van der Waals surface area (Å²) in [5.41, 5.74) is 4.56. The van der Waals surface area contributed by atoms with Gasteiger partial charge in [0.1, 0.15) is 0 Å². The van der Waals surface area contributed by atoms with Crippen LogP contribution in [0, 0.1) is 0 Å². The number of hydrogen-bond donors (Lipinski definition) is 2. The second-order valence-electron chi connectivity index (χ2n) is 4.99. The van der Waals surface area contributed by atoms with Crippen LogP contribution >= 0.6 is 15.9 Å². The maximum atomic E-state index is 12.2. The van der Waals surface area contributed by atoms with E-state index >= 15 is 0 Å². The van der Waals surface area contributed by atoms with E-state index in [1.165, 1.54) is 0 Å². The van der Waals surface area contributed by atoms with Crippen molar-refractivity contribution in [2.75, 3.05) is 5.32 Å². The van der Waals surface area contributed by atoms with Crippen LogP contribution in [-0.4, -0.2) is 10.9 Å². The number of anilines is 1. The molecule has 0 fully saturated rings. The fourth-order valence-corrected chi connectivity index (χ4v) is 3.03. The van der Waals surface area contributed by atoms with E-state index in [1.54, 1.807) is 0 Å². The van der Waals surface area contributed by atoms with Gasteiger partial charge in [0.2, 0.25) is 0 Å². The smallest absolute Gasteiger partial charge is 0.256 e. The Morgan fingerprint density at radius 1 is 1.10 bits per heavy atom. The molecule has 1 amide bonds. The number of hydrogen-bond acceptors (Lipinski definition) is 1. The number of fused-ring (bicyclic) bond motifs is 2. The van der Waals surface area contributed by atoms with E-state index in [0.717, 1.165) is 32.2 Å². The third kappa shape index (κ3) is 1.99. The number of para-hydroxylation sites is 1. The predicted octanol–water partition coefficient (Wildman–Crippen LogP) is 4.42. The molecule has 0 bridgehead atoms. The second kappa shape index (κ2) is 4.60. The van der Waals surface area contributed by atoms with Crippen molar-refractivity contribution in [3.8, 4) is 0 Å². The van der Waals surface area contributed by atoms with Gasteiger partial charge in [-0.15, -0.1) is 0 Å². The molecule has 102 valence electrons. The summed E-state index contributed by atoms with van der Waals surface area (Å²) in [5, 5.41) is 4.01. The molecule has 0 saturated heterocycles. The van der Waals surface area contributed by atoms with Gasteiger partial charge >= 0.3 is 0 Å². The molecule has 4 heteroatoms. The van der Waals surface area contributed by atoms with E-state index in [0.29, 0.717) is 5.57 Å². The van der Waals surface area contributed by atoms with Crippen molar-refractivity contribution in [1.29, 1.82) is 0 Å². The van der Waals surface area contributed by atoms with E-state index < -0.39 is 0 Å². The number of benzene rings is 2. The van der Waals surface area contributed by atoms with Gasteiger partial charge in [0.15, 0.2) is 0 Å². The van der Waals surface area contributed by atoms with Crippen molar-refractivity contribution in [3.05, 3.63) is 64.3 Å². The van der Waals surface area contributed by atoms with Crippen molar-refractivity contribution in [1.82, 2.24) is 4.98 Å². The fourth-order valence-electron chi connectivity index (χ4n) is 2.67. The molecule has 2 aromatic carbocycles. The van der Waals surface area contributed by atoms with E-state index in [1.807, 2.05) is 54.7 Å². The maximum Gasteiger partial charge on any atom is 0.256 e. The number of aromatic nitrogens is 1. The van der Waals surface area contributed by atoms with Gasteiger partial charge in [-0.2, -0.15) is 0 Å². The van der Waals surface area contributed by atoms with Crippen LogP contribution in [0.3, 0.4) is 0 Å². The molecule has 1 aliphatic heterocycles. The van der Waals surface area contributed by atoms with Crippen molar-refractivity contribution in [2.45, 2.75) is 0 Å². The van der Waals surface area contributed by atoms with Crippen LogP contribution in [0.1, 0.15) is 11.1 Å². The summed E-state index contributed by atoms with van der Waals surface area (Å²) >= 11 is 3.46. The highest BCUT2D eigenvalue weighted by Crippen LogP contribution is 2.35. The summed E-state index contributed by atoms with van der Waals surface area (Å²) in [4.78, 5) is 15.4. The van der Waals surface area contributed by atoms with E-state index in [4.69, 9.17) is 0 Å². The Balaban J connectivity index is 1.90. The predicted molar refractivity (Wildman–Crippen MR) is 88.9 cm³/mol. The Kier molecular flexibility index (Phi) is 2.72. The molecule has 1 aromatic heterocycles. The van der Waals surface area contributed by atoms with Crippen LogP contribution in [0.2, 0.25) is 0 Å². The molecule has 0 atom stereocenters. The summed E-state index contributed by atoms with van der Waals surface area (Å²) in [5.74, 6) is -0.0617. The van der Waals surface area contributed by atoms with E-state index in [2.05, 4.69) is 26.2 Å². The van der Waals surface area contributed by atoms with Crippen LogP contribution in [-0.2, 0) is 4.79 Å². The summed E-state index contributed by atoms with van der Waals surface area (Å²) in [6, 6.07) is 13.9. The SMILES string of the molecule is O=C1Nc2ccc(Br)cc2/C1=C\c1c[nH]c2ccccc12. The number of carbonyl (C=O) groups excluding carboxylic acids is 1. The lowest BCUT2D eigenvalue weighted by Gasteiger charge is -1.99. The van der Waals surface area contributed by atoms with Gasteiger partial charge in [0.25, 0.3) is 5.91 Å². The van der Waals surface area contributed by atoms with Crippen molar-refractivity contribution < 1.29 is 4.79 Å². The number of aromatic amines is 1. The Morgan fingerprint density at radius 2 is 1.95 bits per heavy atom. The molecule has 3 aromatic rings. The van der Waals surface area contributed by atoms with E-state index in [9.17, 15) is 4.79 Å². The lowest BCUT2D eigenvalue weighted by Crippen LogP contribution is -2.03. The molecule has 2 heterocycles. The van der Waals surface area contributed by atoms with Gasteiger partial charge in [-0.1, -0.05) is 34.1 Å². The van der Waals surface area contributed by atoms with E-state index in [-0.39, 0.29) is 5.91 Å². The minimum atomic E-state index is -0.0617. The van der Waals surface area contributed by atoms with Gasteiger partial charge in [-0.05, 0) is 30.3 Å². The van der Waals surface area contributed by atoms with Gasteiger partial charge in [-0.3, -0.25) is 4.79 Å². The zero-order valence-corrected chi connectivity index (χ0v) is 12.6. The Hall–Kier alpha value is -2.33. The first kappa shape index (κ1) is 12.4. The monoisotopic (exact) mass is 338 g/mol. The average molecular weight is 339 g/mol. The molecule has 4 rings (SSSR count). The van der Waals surface area contributed by atoms with Crippen LogP contribution < -0.4 is 5.32 Å². The van der Waals surface area contributed by atoms with Crippen molar-refractivity contribution in [2.24, 2.45) is 0 Å². The molecular formula is C17H11BrN2O. The number of rotatable bonds is 1. The zero-order chi connectivity index (χ0) is 14.4. The Labute approximate surface area is 129 Å². The van der Waals surface area contributed by atoms with Gasteiger partial charge in [0, 0.05) is 44.0 Å². The molecule has 0 unspecified atom stereocenters. The quantitative estimate of drug-likeness (QED) is 0.633. The van der Waals surface area contributed by atoms with Gasteiger partial charge < -0.3 is 10.3 Å². The Morgan fingerprint density at radius 3 is 2.86 bits per heavy atom. The fraction of sp³-hybridized carbons (Fsp3) is 0. The highest BCUT2D eigenvalue weighted by molar-refractivity contribution is 9.10. The Bertz CT molecular complexity index is 908. The van der Waals surface area contributed by atoms with Crippen molar-refractivity contribution >= 4 is 50.1 Å². The molecule has 0 saturated carbocycles. The van der Waals surface area contributed by atoms with Crippen LogP contribution in [0.25, 0.3) is 22.6 Å². The lowest BCUT2D eigenvalue weighted by atomic mass is 10.0. The third-order valence-electron chi connectivity index (χ3n) is 3.69. The topological polar surface area (TPSA) is 44.9 Å². The molecule has 3 nitrogen and oxygen atoms in total. The third-order valence-corrected chi connectivity index (χ3v) is 4.18. The first-order valence-electron chi connectivity index (χ1n) is 6.61. The summed E-state index contributed by atoms with van der Waals surface area (Å²) in [7, 11) is 0. The maximum absolute atomic E-state index is 12.2. The number of carbonyl (C=O) groups is 1. The number of halogens is 1. The summed E-state index contributed by atoms with van der Waals surface area (Å²) < 4.78 is 0.961. The molecule has 21 heavy (non-hydrogen) atoms. The molecule has 0 spiro atoms. The normalized spacial score (nSPS) is 15.5. The largest absolute Gasteiger partial charge is 0.361 e. The summed E-state index contributed by atoms with van der Waals surface area (Å²) in [6.07, 6.45) is 3.87. The minimum Gasteiger partial charge on any atom is -0.361 e. The molecular weight excluding hydrogens is 328 g/mol. The van der Waals surface area contributed by atoms with Gasteiger partial charge in [-0.25, -0.2) is 0 Å². The summed E-state index contributed by atoms with van der Waals surface area (Å²) in [6.45, 7) is 0. The van der Waals surface area contributed by atoms with Crippen LogP contribution in [0.5, 0.6) is 0 Å². The minimum absolute atomic E-state index is 0.0617. The molecule has 1 aliphatic rings. The molecule has 0 radical (unpaired) electrons. The lowest BCUT2D eigenvalue weighted by molar-refractivity contribution is -0.110. The van der Waals surface area contributed by atoms with Crippen LogP contribution in [0.4, 0.5) is 5.69 Å². The average Bonchev–Trinajstić information content (AvgIpc) is 3.02. The highest BCUT2D eigenvalue weighted by Gasteiger charge is 2.24. The molecule has 2 N–H and O–H groups in total. The second-order valence-corrected chi connectivity index (χ2v) is 5.91. The first-order chi connectivity index (χ1) is 10.2. The highest BCUT2D eigenvalue weighted by atomic mass is 79.9. The zero-order valence-electron chi connectivity index (χ0n) is 11.0. The van der Waals surface area contributed by atoms with Gasteiger partial charge in [0.05, 0.1) is 0 Å². The standard InChI is InChI=1S/C17H11BrN2O/c18-11-5-6-16-13(8-11)14(17(21)20-16)7-10-9-19-15-4-2-1-3-12(10)15/h1-9,19H,(H,20,21)/b14-7+. The number of amides is 1. The van der Waals surface area contributed by atoms with Crippen LogP contribution in [0.15, 0.2) is 53.1 Å². The first-order valence-corrected chi connectivity index (χ1v) is 7.41.